The number of ether oxygens (including phenoxy) is 1. The lowest BCUT2D eigenvalue weighted by Crippen LogP contribution is -2.60. The van der Waals surface area contributed by atoms with Crippen LogP contribution >= 0.6 is 0 Å². The highest BCUT2D eigenvalue weighted by molar-refractivity contribution is 6.38. The van der Waals surface area contributed by atoms with Crippen LogP contribution in [0.2, 0.25) is 0 Å². The van der Waals surface area contributed by atoms with Gasteiger partial charge in [-0.05, 0) is 69.3 Å². The molecule has 4 N–H and O–H groups in total. The molecule has 1 aliphatic carbocycles. The third-order valence-corrected chi connectivity index (χ3v) is 9.16. The Bertz CT molecular complexity index is 1420. The number of nitrogens with one attached hydrogen (secondary N) is 4. The zero-order chi connectivity index (χ0) is 36.4. The van der Waals surface area contributed by atoms with Crippen molar-refractivity contribution >= 4 is 35.5 Å². The molecule has 0 bridgehead atoms. The van der Waals surface area contributed by atoms with Gasteiger partial charge < -0.3 is 30.9 Å². The van der Waals surface area contributed by atoms with E-state index in [9.17, 15) is 28.8 Å². The summed E-state index contributed by atoms with van der Waals surface area (Å²) in [6, 6.07) is 4.15. The number of aryl methyl sites for hydroxylation is 1. The first-order chi connectivity index (χ1) is 22.1. The van der Waals surface area contributed by atoms with Crippen LogP contribution in [0, 0.1) is 29.6 Å². The van der Waals surface area contributed by atoms with E-state index in [1.807, 2.05) is 72.7 Å². The number of alkyl carbamates (subject to hydrolysis) is 1. The van der Waals surface area contributed by atoms with Gasteiger partial charge in [0.25, 0.3) is 5.91 Å². The van der Waals surface area contributed by atoms with Crippen molar-refractivity contribution in [1.29, 1.82) is 0 Å². The van der Waals surface area contributed by atoms with E-state index < -0.39 is 71.2 Å². The fourth-order valence-electron chi connectivity index (χ4n) is 6.35. The van der Waals surface area contributed by atoms with E-state index in [4.69, 9.17) is 4.74 Å². The number of ketones is 1. The maximum absolute atomic E-state index is 14.1. The van der Waals surface area contributed by atoms with Gasteiger partial charge in [0.1, 0.15) is 23.7 Å². The smallest absolute Gasteiger partial charge is 0.408 e. The Balaban J connectivity index is 1.71. The Kier molecular flexibility index (Phi) is 11.5. The number of hydrogen-bond acceptors (Lipinski definition) is 7. The van der Waals surface area contributed by atoms with Crippen molar-refractivity contribution in [2.24, 2.45) is 22.7 Å². The van der Waals surface area contributed by atoms with Crippen molar-refractivity contribution in [3.63, 3.8) is 0 Å². The molecule has 0 radical (unpaired) electrons. The van der Waals surface area contributed by atoms with Crippen molar-refractivity contribution in [3.8, 4) is 0 Å². The molecule has 1 aromatic carbocycles. The first-order valence-corrected chi connectivity index (χ1v) is 16.5. The summed E-state index contributed by atoms with van der Waals surface area (Å²) in [7, 11) is 0. The Hall–Kier alpha value is -4.22. The van der Waals surface area contributed by atoms with Gasteiger partial charge in [-0.3, -0.25) is 24.0 Å². The summed E-state index contributed by atoms with van der Waals surface area (Å²) in [6.45, 7) is 21.9. The zero-order valence-corrected chi connectivity index (χ0v) is 30.0. The van der Waals surface area contributed by atoms with Gasteiger partial charge in [0.2, 0.25) is 23.5 Å². The van der Waals surface area contributed by atoms with Crippen molar-refractivity contribution < 1.29 is 33.5 Å². The molecule has 48 heavy (non-hydrogen) atoms. The Morgan fingerprint density at radius 3 is 2.15 bits per heavy atom. The highest BCUT2D eigenvalue weighted by Gasteiger charge is 2.70. The number of Topliss-reactive ketones (excluding diaryl/α,β-unsaturated/α-hetero) is 1. The van der Waals surface area contributed by atoms with E-state index in [0.717, 1.165) is 11.1 Å². The van der Waals surface area contributed by atoms with Gasteiger partial charge in [0.15, 0.2) is 0 Å². The largest absolute Gasteiger partial charge is 0.444 e. The average molecular weight is 668 g/mol. The molecule has 1 aliphatic heterocycles. The summed E-state index contributed by atoms with van der Waals surface area (Å²) in [5.41, 5.74) is 0.245. The van der Waals surface area contributed by atoms with Crippen molar-refractivity contribution in [2.75, 3.05) is 13.1 Å². The SMILES string of the molecule is C=CCC(NC(=O)[C@@H]1[C@@H]2[C@H](CN1C(=O)[C@@H](NC(=O)OC(C)(C)C)C(C)(C)C)C2(C)C)C(=O)C(=O)NCC(=O)NC(C)c1ccc(C)cc1. The number of amides is 5. The maximum atomic E-state index is 14.1. The van der Waals surface area contributed by atoms with E-state index in [1.165, 1.54) is 11.0 Å². The Morgan fingerprint density at radius 2 is 1.60 bits per heavy atom. The van der Waals surface area contributed by atoms with Crippen molar-refractivity contribution in [2.45, 2.75) is 105 Å². The first kappa shape index (κ1) is 38.2. The number of fused-ring (bicyclic) bond motifs is 1. The molecule has 1 saturated heterocycles. The molecule has 12 nitrogen and oxygen atoms in total. The topological polar surface area (TPSA) is 163 Å². The number of hydrogen-bond donors (Lipinski definition) is 4. The lowest BCUT2D eigenvalue weighted by atomic mass is 9.85. The van der Waals surface area contributed by atoms with Gasteiger partial charge in [-0.2, -0.15) is 0 Å². The number of piperidine rings is 1. The molecule has 1 aromatic rings. The number of likely N-dealkylation sites (tertiary alicyclic amines) is 1. The van der Waals surface area contributed by atoms with E-state index in [1.54, 1.807) is 20.8 Å². The minimum atomic E-state index is -1.26. The Labute approximate surface area is 284 Å². The summed E-state index contributed by atoms with van der Waals surface area (Å²) < 4.78 is 5.41. The summed E-state index contributed by atoms with van der Waals surface area (Å²) in [6.07, 6.45) is 0.619. The quantitative estimate of drug-likeness (QED) is 0.196. The van der Waals surface area contributed by atoms with E-state index in [2.05, 4.69) is 27.8 Å². The van der Waals surface area contributed by atoms with Crippen LogP contribution in [0.1, 0.15) is 85.9 Å². The molecule has 3 rings (SSSR count). The molecular weight excluding hydrogens is 614 g/mol. The van der Waals surface area contributed by atoms with Crippen molar-refractivity contribution in [3.05, 3.63) is 48.0 Å². The van der Waals surface area contributed by atoms with Crippen molar-refractivity contribution in [1.82, 2.24) is 26.2 Å². The second kappa shape index (κ2) is 14.5. The number of rotatable bonds is 12. The van der Waals surface area contributed by atoms with Crippen LogP contribution in [0.5, 0.6) is 0 Å². The summed E-state index contributed by atoms with van der Waals surface area (Å²) in [5.74, 6) is -3.61. The summed E-state index contributed by atoms with van der Waals surface area (Å²) in [5, 5.41) is 10.5. The monoisotopic (exact) mass is 667 g/mol. The van der Waals surface area contributed by atoms with Crippen LogP contribution in [-0.4, -0.2) is 77.2 Å². The molecule has 1 heterocycles. The molecule has 6 atom stereocenters. The van der Waals surface area contributed by atoms with Crippen LogP contribution in [0.15, 0.2) is 36.9 Å². The minimum Gasteiger partial charge on any atom is -0.444 e. The molecule has 12 heteroatoms. The molecule has 0 spiro atoms. The van der Waals surface area contributed by atoms with Crippen LogP contribution in [0.25, 0.3) is 0 Å². The molecule has 5 amide bonds. The second-order valence-electron chi connectivity index (χ2n) is 15.7. The summed E-state index contributed by atoms with van der Waals surface area (Å²) >= 11 is 0. The summed E-state index contributed by atoms with van der Waals surface area (Å²) in [4.78, 5) is 80.8. The first-order valence-electron chi connectivity index (χ1n) is 16.5. The van der Waals surface area contributed by atoms with E-state index in [-0.39, 0.29) is 29.7 Å². The van der Waals surface area contributed by atoms with Crippen LogP contribution in [0.3, 0.4) is 0 Å². The standard InChI is InChI=1S/C36H53N5O7/c1-12-13-24(28(43)31(45)37-18-25(42)38-21(3)22-16-14-20(2)15-17-22)39-30(44)27-26-23(36(26,10)11)19-41(27)32(46)29(34(4,5)6)40-33(47)48-35(7,8)9/h12,14-17,21,23-24,26-27,29H,1,13,18-19H2,2-11H3,(H,37,45)(H,38,42)(H,39,44)(H,40,47)/t21?,23-,24?,26-,27-,29+/m0/s1. The second-order valence-corrected chi connectivity index (χ2v) is 15.7. The van der Waals surface area contributed by atoms with Crippen LogP contribution in [0.4, 0.5) is 4.79 Å². The number of carbonyl (C=O) groups excluding carboxylic acids is 6. The van der Waals surface area contributed by atoms with Gasteiger partial charge >= 0.3 is 6.09 Å². The average Bonchev–Trinajstić information content (AvgIpc) is 3.28. The predicted molar refractivity (Wildman–Crippen MR) is 181 cm³/mol. The molecule has 2 aliphatic rings. The molecule has 264 valence electrons. The highest BCUT2D eigenvalue weighted by Crippen LogP contribution is 2.65. The fraction of sp³-hybridized carbons (Fsp3) is 0.611. The van der Waals surface area contributed by atoms with Gasteiger partial charge in [-0.1, -0.05) is 70.5 Å². The number of carbonyl (C=O) groups is 6. The lowest BCUT2D eigenvalue weighted by molar-refractivity contribution is -0.145. The van der Waals surface area contributed by atoms with Gasteiger partial charge in [0.05, 0.1) is 12.6 Å². The minimum absolute atomic E-state index is 0.0389. The normalized spacial score (nSPS) is 21.5. The third-order valence-electron chi connectivity index (χ3n) is 9.16. The van der Waals surface area contributed by atoms with E-state index >= 15 is 0 Å². The van der Waals surface area contributed by atoms with E-state index in [0.29, 0.717) is 6.54 Å². The number of benzene rings is 1. The molecule has 0 aromatic heterocycles. The molecule has 2 unspecified atom stereocenters. The molecular formula is C36H53N5O7. The predicted octanol–water partition coefficient (Wildman–Crippen LogP) is 3.34. The maximum Gasteiger partial charge on any atom is 0.408 e. The van der Waals surface area contributed by atoms with Crippen LogP contribution < -0.4 is 21.3 Å². The Morgan fingerprint density at radius 1 is 1.00 bits per heavy atom. The number of nitrogens with zero attached hydrogens (tertiary/aromatic N) is 1. The van der Waals surface area contributed by atoms with Gasteiger partial charge in [-0.25, -0.2) is 4.79 Å². The third kappa shape index (κ3) is 9.23. The molecule has 1 saturated carbocycles. The fourth-order valence-corrected chi connectivity index (χ4v) is 6.35. The van der Waals surface area contributed by atoms with Gasteiger partial charge in [0, 0.05) is 6.54 Å². The molecule has 2 fully saturated rings. The lowest BCUT2D eigenvalue weighted by Gasteiger charge is -2.38. The van der Waals surface area contributed by atoms with Crippen LogP contribution in [-0.2, 0) is 28.7 Å². The highest BCUT2D eigenvalue weighted by atomic mass is 16.6. The zero-order valence-electron chi connectivity index (χ0n) is 30.0. The van der Waals surface area contributed by atoms with Gasteiger partial charge in [-0.15, -0.1) is 6.58 Å².